The first-order chi connectivity index (χ1) is 8.72. The predicted molar refractivity (Wildman–Crippen MR) is 80.5 cm³/mol. The maximum absolute atomic E-state index is 12.3. The molecule has 1 heterocycles. The van der Waals surface area contributed by atoms with Crippen LogP contribution in [0.15, 0.2) is 15.9 Å². The molecule has 0 saturated heterocycles. The number of halogens is 1. The quantitative estimate of drug-likeness (QED) is 0.748. The summed E-state index contributed by atoms with van der Waals surface area (Å²) in [4.78, 5) is 15.5. The third-order valence-corrected chi connectivity index (χ3v) is 5.59. The second kappa shape index (κ2) is 6.83. The fourth-order valence-corrected chi connectivity index (χ4v) is 4.22. The number of nitrogens with zero attached hydrogens (tertiary/aromatic N) is 1. The number of hydrogen-bond acceptors (Lipinski definition) is 3. The molecule has 4 heteroatoms. The molecule has 0 spiro atoms. The number of rotatable bonds is 5. The van der Waals surface area contributed by atoms with E-state index in [0.717, 1.165) is 15.9 Å². The van der Waals surface area contributed by atoms with E-state index >= 15 is 0 Å². The van der Waals surface area contributed by atoms with Gasteiger partial charge in [0, 0.05) is 10.5 Å². The highest BCUT2D eigenvalue weighted by molar-refractivity contribution is 9.10. The van der Waals surface area contributed by atoms with Gasteiger partial charge in [-0.3, -0.25) is 9.69 Å². The Labute approximate surface area is 122 Å². The fraction of sp³-hybridized carbons (Fsp3) is 0.643. The molecule has 0 bridgehead atoms. The zero-order valence-corrected chi connectivity index (χ0v) is 13.2. The summed E-state index contributed by atoms with van der Waals surface area (Å²) in [5.74, 6) is 0.254. The second-order valence-corrected chi connectivity index (χ2v) is 6.65. The Morgan fingerprint density at radius 1 is 1.44 bits per heavy atom. The summed E-state index contributed by atoms with van der Waals surface area (Å²) in [5.41, 5.74) is 0. The molecular weight excluding hydrogens is 310 g/mol. The molecule has 0 aromatic carbocycles. The van der Waals surface area contributed by atoms with Gasteiger partial charge in [-0.15, -0.1) is 11.3 Å². The molecule has 0 atom stereocenters. The second-order valence-electron chi connectivity index (χ2n) is 4.88. The van der Waals surface area contributed by atoms with E-state index in [0.29, 0.717) is 12.6 Å². The number of thiophene rings is 1. The van der Waals surface area contributed by atoms with Crippen molar-refractivity contribution in [2.24, 2.45) is 0 Å². The minimum atomic E-state index is 0.254. The monoisotopic (exact) mass is 329 g/mol. The van der Waals surface area contributed by atoms with Gasteiger partial charge in [0.25, 0.3) is 0 Å². The van der Waals surface area contributed by atoms with Crippen molar-refractivity contribution in [3.8, 4) is 0 Å². The minimum Gasteiger partial charge on any atom is -0.293 e. The molecule has 0 unspecified atom stereocenters. The molecule has 0 aliphatic heterocycles. The number of likely N-dealkylation sites (N-methyl/N-ethyl adjacent to an activating group) is 1. The van der Waals surface area contributed by atoms with Crippen LogP contribution >= 0.6 is 27.3 Å². The highest BCUT2D eigenvalue weighted by Gasteiger charge is 2.23. The van der Waals surface area contributed by atoms with Crippen molar-refractivity contribution in [1.29, 1.82) is 0 Å². The van der Waals surface area contributed by atoms with Crippen molar-refractivity contribution in [3.63, 3.8) is 0 Å². The van der Waals surface area contributed by atoms with E-state index in [1.807, 2.05) is 11.4 Å². The summed E-state index contributed by atoms with van der Waals surface area (Å²) in [6, 6.07) is 2.57. The van der Waals surface area contributed by atoms with Gasteiger partial charge in [0.15, 0.2) is 5.78 Å². The molecule has 18 heavy (non-hydrogen) atoms. The van der Waals surface area contributed by atoms with Crippen LogP contribution in [0.2, 0.25) is 0 Å². The molecule has 2 rings (SSSR count). The van der Waals surface area contributed by atoms with Crippen LogP contribution in [0.4, 0.5) is 0 Å². The van der Waals surface area contributed by atoms with Gasteiger partial charge in [0.1, 0.15) is 0 Å². The molecule has 1 fully saturated rings. The van der Waals surface area contributed by atoms with Gasteiger partial charge in [-0.05, 0) is 46.8 Å². The topological polar surface area (TPSA) is 20.3 Å². The van der Waals surface area contributed by atoms with E-state index in [2.05, 4.69) is 27.8 Å². The molecule has 1 aliphatic carbocycles. The average Bonchev–Trinajstić information content (AvgIpc) is 2.83. The van der Waals surface area contributed by atoms with Crippen molar-refractivity contribution >= 4 is 33.0 Å². The molecule has 0 N–H and O–H groups in total. The van der Waals surface area contributed by atoms with E-state index in [9.17, 15) is 4.79 Å². The maximum Gasteiger partial charge on any atom is 0.187 e. The van der Waals surface area contributed by atoms with E-state index in [1.54, 1.807) is 0 Å². The fourth-order valence-electron chi connectivity index (χ4n) is 2.69. The van der Waals surface area contributed by atoms with Gasteiger partial charge >= 0.3 is 0 Å². The van der Waals surface area contributed by atoms with Crippen LogP contribution in [0, 0.1) is 0 Å². The summed E-state index contributed by atoms with van der Waals surface area (Å²) < 4.78 is 0.942. The average molecular weight is 330 g/mol. The molecule has 0 amide bonds. The van der Waals surface area contributed by atoms with Crippen LogP contribution in [0.25, 0.3) is 0 Å². The Balaban J connectivity index is 1.97. The third-order valence-electron chi connectivity index (χ3n) is 3.71. The van der Waals surface area contributed by atoms with Crippen LogP contribution in [0.5, 0.6) is 0 Å². The van der Waals surface area contributed by atoms with Gasteiger partial charge < -0.3 is 0 Å². The van der Waals surface area contributed by atoms with Crippen LogP contribution < -0.4 is 0 Å². The summed E-state index contributed by atoms with van der Waals surface area (Å²) in [6.07, 6.45) is 6.51. The van der Waals surface area contributed by atoms with E-state index < -0.39 is 0 Å². The molecular formula is C14H20BrNOS. The summed E-state index contributed by atoms with van der Waals surface area (Å²) in [5, 5.41) is 1.97. The van der Waals surface area contributed by atoms with E-state index in [4.69, 9.17) is 0 Å². The van der Waals surface area contributed by atoms with Gasteiger partial charge in [0.2, 0.25) is 0 Å². The normalized spacial score (nSPS) is 17.3. The largest absolute Gasteiger partial charge is 0.293 e. The molecule has 1 saturated carbocycles. The highest BCUT2D eigenvalue weighted by Crippen LogP contribution is 2.26. The highest BCUT2D eigenvalue weighted by atomic mass is 79.9. The summed E-state index contributed by atoms with van der Waals surface area (Å²) in [6.45, 7) is 3.70. The Hall–Kier alpha value is -0.190. The molecule has 2 nitrogen and oxygen atoms in total. The number of ketones is 1. The minimum absolute atomic E-state index is 0.254. The van der Waals surface area contributed by atoms with Crippen molar-refractivity contribution in [1.82, 2.24) is 4.90 Å². The number of Topliss-reactive ketones (excluding diaryl/α,β-unsaturated/α-hetero) is 1. The van der Waals surface area contributed by atoms with E-state index in [1.165, 1.54) is 43.4 Å². The molecule has 1 aliphatic rings. The Kier molecular flexibility index (Phi) is 5.39. The van der Waals surface area contributed by atoms with Crippen molar-refractivity contribution in [3.05, 3.63) is 20.8 Å². The molecule has 0 radical (unpaired) electrons. The number of carbonyl (C=O) groups excluding carboxylic acids is 1. The lowest BCUT2D eigenvalue weighted by molar-refractivity contribution is 0.0872. The first kappa shape index (κ1) is 14.2. The van der Waals surface area contributed by atoms with Crippen LogP contribution in [-0.4, -0.2) is 29.8 Å². The molecule has 1 aromatic rings. The zero-order valence-electron chi connectivity index (χ0n) is 10.8. The SMILES string of the molecule is CCN(CC(=O)c1sccc1Br)C1CCCCC1. The zero-order chi connectivity index (χ0) is 13.0. The number of carbonyl (C=O) groups is 1. The van der Waals surface area contributed by atoms with Crippen LogP contribution in [0.1, 0.15) is 48.7 Å². The Morgan fingerprint density at radius 2 is 2.17 bits per heavy atom. The lowest BCUT2D eigenvalue weighted by atomic mass is 9.94. The number of hydrogen-bond donors (Lipinski definition) is 0. The summed E-state index contributed by atoms with van der Waals surface area (Å²) >= 11 is 4.98. The lowest BCUT2D eigenvalue weighted by Gasteiger charge is -2.32. The summed E-state index contributed by atoms with van der Waals surface area (Å²) in [7, 11) is 0. The lowest BCUT2D eigenvalue weighted by Crippen LogP contribution is -2.40. The third kappa shape index (κ3) is 3.43. The van der Waals surface area contributed by atoms with Crippen LogP contribution in [0.3, 0.4) is 0 Å². The smallest absolute Gasteiger partial charge is 0.187 e. The van der Waals surface area contributed by atoms with Gasteiger partial charge in [-0.1, -0.05) is 26.2 Å². The van der Waals surface area contributed by atoms with Crippen molar-refractivity contribution < 1.29 is 4.79 Å². The molecule has 100 valence electrons. The first-order valence-electron chi connectivity index (χ1n) is 6.72. The Morgan fingerprint density at radius 3 is 2.72 bits per heavy atom. The first-order valence-corrected chi connectivity index (χ1v) is 8.40. The predicted octanol–water partition coefficient (Wildman–Crippen LogP) is 4.35. The molecule has 1 aromatic heterocycles. The van der Waals surface area contributed by atoms with Crippen molar-refractivity contribution in [2.45, 2.75) is 45.1 Å². The van der Waals surface area contributed by atoms with Gasteiger partial charge in [-0.2, -0.15) is 0 Å². The Bertz CT molecular complexity index is 398. The van der Waals surface area contributed by atoms with Gasteiger partial charge in [0.05, 0.1) is 11.4 Å². The van der Waals surface area contributed by atoms with Crippen LogP contribution in [-0.2, 0) is 0 Å². The standard InChI is InChI=1S/C14H20BrNOS/c1-2-16(11-6-4-3-5-7-11)10-13(17)14-12(15)8-9-18-14/h8-9,11H,2-7,10H2,1H3. The van der Waals surface area contributed by atoms with Crippen molar-refractivity contribution in [2.75, 3.05) is 13.1 Å². The van der Waals surface area contributed by atoms with E-state index in [-0.39, 0.29) is 5.78 Å². The maximum atomic E-state index is 12.3. The van der Waals surface area contributed by atoms with Gasteiger partial charge in [-0.25, -0.2) is 0 Å².